The number of aliphatic hydroxyl groups is 3. The number of hydrogen-bond donors (Lipinski definition) is 5. The Morgan fingerprint density at radius 2 is 2.07 bits per heavy atom. The molecule has 0 bridgehead atoms. The van der Waals surface area contributed by atoms with Crippen molar-refractivity contribution in [2.24, 2.45) is 0 Å². The Balaban J connectivity index is 1.47. The molecule has 0 amide bonds. The maximum absolute atomic E-state index is 10.3. The normalized spacial score (nSPS) is 23.8. The quantitative estimate of drug-likeness (QED) is 0.282. The second kappa shape index (κ2) is 7.38. The molecular formula is C17H17N9O4. The van der Waals surface area contributed by atoms with Crippen molar-refractivity contribution in [2.45, 2.75) is 24.5 Å². The second-order valence-electron chi connectivity index (χ2n) is 6.72. The summed E-state index contributed by atoms with van der Waals surface area (Å²) in [6.07, 6.45) is -1.49. The lowest BCUT2D eigenvalue weighted by atomic mass is 10.1. The maximum atomic E-state index is 10.3. The summed E-state index contributed by atoms with van der Waals surface area (Å²) in [7, 11) is 0. The molecule has 1 aliphatic heterocycles. The van der Waals surface area contributed by atoms with Crippen molar-refractivity contribution in [3.05, 3.63) is 36.9 Å². The Bertz CT molecular complexity index is 1170. The number of fused-ring (bicyclic) bond motifs is 1. The fourth-order valence-electron chi connectivity index (χ4n) is 3.40. The fourth-order valence-corrected chi connectivity index (χ4v) is 3.40. The van der Waals surface area contributed by atoms with E-state index in [0.717, 1.165) is 11.3 Å². The van der Waals surface area contributed by atoms with Crippen LogP contribution < -0.4 is 5.32 Å². The van der Waals surface area contributed by atoms with E-state index in [4.69, 9.17) is 4.74 Å². The van der Waals surface area contributed by atoms with Crippen LogP contribution in [0.5, 0.6) is 0 Å². The number of anilines is 2. The number of nitrogens with zero attached hydrogens (tertiary/aromatic N) is 7. The van der Waals surface area contributed by atoms with Crippen molar-refractivity contribution in [3.8, 4) is 11.4 Å². The van der Waals surface area contributed by atoms with Crippen molar-refractivity contribution < 1.29 is 20.1 Å². The molecule has 3 aromatic heterocycles. The number of aromatic nitrogens is 8. The Kier molecular flexibility index (Phi) is 4.55. The third-order valence-corrected chi connectivity index (χ3v) is 4.88. The number of rotatable bonds is 5. The minimum atomic E-state index is -1.24. The molecule has 1 fully saturated rings. The minimum absolute atomic E-state index is 0.400. The summed E-state index contributed by atoms with van der Waals surface area (Å²) in [4.78, 5) is 12.8. The largest absolute Gasteiger partial charge is 0.394 e. The molecule has 0 spiro atoms. The zero-order valence-corrected chi connectivity index (χ0v) is 15.4. The van der Waals surface area contributed by atoms with Crippen molar-refractivity contribution in [1.29, 1.82) is 0 Å². The molecule has 0 aliphatic carbocycles. The van der Waals surface area contributed by atoms with E-state index < -0.39 is 31.1 Å². The molecule has 13 heteroatoms. The first-order chi connectivity index (χ1) is 14.7. The van der Waals surface area contributed by atoms with Crippen molar-refractivity contribution in [2.75, 3.05) is 11.9 Å². The van der Waals surface area contributed by atoms with Gasteiger partial charge in [-0.25, -0.2) is 15.0 Å². The third kappa shape index (κ3) is 3.05. The van der Waals surface area contributed by atoms with Gasteiger partial charge in [0.2, 0.25) is 5.82 Å². The van der Waals surface area contributed by atoms with E-state index in [1.54, 1.807) is 0 Å². The van der Waals surface area contributed by atoms with Crippen molar-refractivity contribution >= 4 is 22.7 Å². The number of tetrazole rings is 1. The smallest absolute Gasteiger partial charge is 0.204 e. The lowest BCUT2D eigenvalue weighted by molar-refractivity contribution is -0.0511. The number of aromatic amines is 1. The van der Waals surface area contributed by atoms with Gasteiger partial charge in [0, 0.05) is 11.3 Å². The molecule has 30 heavy (non-hydrogen) atoms. The first kappa shape index (κ1) is 18.5. The van der Waals surface area contributed by atoms with Crippen molar-refractivity contribution in [1.82, 2.24) is 40.1 Å². The van der Waals surface area contributed by atoms with Gasteiger partial charge in [0.15, 0.2) is 23.2 Å². The summed E-state index contributed by atoms with van der Waals surface area (Å²) in [5.41, 5.74) is 2.33. The zero-order valence-electron chi connectivity index (χ0n) is 15.4. The van der Waals surface area contributed by atoms with Gasteiger partial charge in [0.05, 0.1) is 12.9 Å². The number of aliphatic hydroxyl groups excluding tert-OH is 3. The molecule has 4 heterocycles. The number of hydrogen-bond acceptors (Lipinski definition) is 11. The molecular weight excluding hydrogens is 394 g/mol. The van der Waals surface area contributed by atoms with Gasteiger partial charge in [-0.05, 0) is 17.3 Å². The van der Waals surface area contributed by atoms with E-state index in [2.05, 4.69) is 40.9 Å². The van der Waals surface area contributed by atoms with Crippen LogP contribution in [0.1, 0.15) is 6.23 Å². The summed E-state index contributed by atoms with van der Waals surface area (Å²) in [6, 6.07) is 7.37. The van der Waals surface area contributed by atoms with Gasteiger partial charge in [-0.3, -0.25) is 4.57 Å². The lowest BCUT2D eigenvalue weighted by Crippen LogP contribution is -2.33. The fraction of sp³-hybridized carbons (Fsp3) is 0.294. The van der Waals surface area contributed by atoms with Crippen LogP contribution in [0.4, 0.5) is 11.5 Å². The predicted molar refractivity (Wildman–Crippen MR) is 101 cm³/mol. The number of ether oxygens (including phenoxy) is 1. The highest BCUT2D eigenvalue weighted by Gasteiger charge is 2.44. The van der Waals surface area contributed by atoms with Gasteiger partial charge < -0.3 is 25.4 Å². The van der Waals surface area contributed by atoms with E-state index in [0.29, 0.717) is 22.8 Å². The average Bonchev–Trinajstić information content (AvgIpc) is 3.50. The lowest BCUT2D eigenvalue weighted by Gasteiger charge is -2.16. The Morgan fingerprint density at radius 1 is 1.17 bits per heavy atom. The van der Waals surface area contributed by atoms with Crippen LogP contribution in [0.25, 0.3) is 22.6 Å². The molecule has 0 saturated carbocycles. The van der Waals surface area contributed by atoms with Crippen LogP contribution in [-0.4, -0.2) is 80.4 Å². The van der Waals surface area contributed by atoms with Crippen LogP contribution in [0.2, 0.25) is 0 Å². The molecule has 154 valence electrons. The van der Waals surface area contributed by atoms with Gasteiger partial charge in [-0.2, -0.15) is 5.21 Å². The summed E-state index contributed by atoms with van der Waals surface area (Å²) < 4.78 is 7.07. The van der Waals surface area contributed by atoms with Crippen LogP contribution in [-0.2, 0) is 4.74 Å². The van der Waals surface area contributed by atoms with Gasteiger partial charge >= 0.3 is 0 Å². The highest BCUT2D eigenvalue weighted by molar-refractivity contribution is 5.85. The number of H-pyrrole nitrogens is 1. The molecule has 0 unspecified atom stereocenters. The highest BCUT2D eigenvalue weighted by atomic mass is 16.6. The Labute approximate surface area is 168 Å². The SMILES string of the molecule is OC[C@H]1O[C@@H](n2cnc3c(Nc4cccc(-c5nn[nH]n5)c4)ncnc32)[C@H](O)[C@@H]1O. The molecule has 1 aliphatic rings. The van der Waals surface area contributed by atoms with Gasteiger partial charge in [-0.1, -0.05) is 12.1 Å². The van der Waals surface area contributed by atoms with E-state index in [-0.39, 0.29) is 0 Å². The summed E-state index contributed by atoms with van der Waals surface area (Å²) >= 11 is 0. The molecule has 1 aromatic carbocycles. The zero-order chi connectivity index (χ0) is 20.7. The molecule has 13 nitrogen and oxygen atoms in total. The topological polar surface area (TPSA) is 180 Å². The van der Waals surface area contributed by atoms with Gasteiger partial charge in [-0.15, -0.1) is 10.2 Å². The molecule has 0 radical (unpaired) electrons. The molecule has 5 N–H and O–H groups in total. The summed E-state index contributed by atoms with van der Waals surface area (Å²) in [6.45, 7) is -0.417. The first-order valence-electron chi connectivity index (χ1n) is 9.06. The van der Waals surface area contributed by atoms with E-state index in [9.17, 15) is 15.3 Å². The van der Waals surface area contributed by atoms with Crippen LogP contribution in [0, 0.1) is 0 Å². The van der Waals surface area contributed by atoms with Gasteiger partial charge in [0.1, 0.15) is 24.6 Å². The predicted octanol–water partition coefficient (Wildman–Crippen LogP) is -0.639. The summed E-state index contributed by atoms with van der Waals surface area (Å²) in [5.74, 6) is 0.899. The maximum Gasteiger partial charge on any atom is 0.204 e. The third-order valence-electron chi connectivity index (χ3n) is 4.88. The van der Waals surface area contributed by atoms with Crippen LogP contribution in [0.15, 0.2) is 36.9 Å². The first-order valence-corrected chi connectivity index (χ1v) is 9.06. The van der Waals surface area contributed by atoms with Crippen LogP contribution >= 0.6 is 0 Å². The number of imidazole rings is 1. The average molecular weight is 411 g/mol. The number of benzene rings is 1. The van der Waals surface area contributed by atoms with E-state index >= 15 is 0 Å². The molecule has 4 aromatic rings. The van der Waals surface area contributed by atoms with Gasteiger partial charge in [0.25, 0.3) is 0 Å². The highest BCUT2D eigenvalue weighted by Crippen LogP contribution is 2.32. The van der Waals surface area contributed by atoms with E-state index in [1.165, 1.54) is 17.2 Å². The second-order valence-corrected chi connectivity index (χ2v) is 6.72. The summed E-state index contributed by atoms with van der Waals surface area (Å²) in [5, 5.41) is 46.7. The monoisotopic (exact) mass is 411 g/mol. The van der Waals surface area contributed by atoms with E-state index in [1.807, 2.05) is 24.3 Å². The number of nitrogens with one attached hydrogen (secondary N) is 2. The molecule has 4 atom stereocenters. The molecule has 5 rings (SSSR count). The standard InChI is InChI=1S/C17H17N9O4/c27-5-10-12(28)13(29)17(30-10)26-7-20-11-15(18-6-19-16(11)26)21-9-3-1-2-8(4-9)14-22-24-25-23-14/h1-4,6-7,10,12-13,17,27-29H,5H2,(H,18,19,21)(H,22,23,24,25)/t10-,12-,13-,17-/m1/s1. The molecule has 1 saturated heterocycles. The Hall–Kier alpha value is -3.52. The minimum Gasteiger partial charge on any atom is -0.394 e. The van der Waals surface area contributed by atoms with Crippen molar-refractivity contribution in [3.63, 3.8) is 0 Å². The Morgan fingerprint density at radius 3 is 2.83 bits per heavy atom. The van der Waals surface area contributed by atoms with Crippen LogP contribution in [0.3, 0.4) is 0 Å².